The van der Waals surface area contributed by atoms with Crippen molar-refractivity contribution in [1.82, 2.24) is 14.7 Å². The van der Waals surface area contributed by atoms with Gasteiger partial charge in [0.05, 0.1) is 35.0 Å². The van der Waals surface area contributed by atoms with Crippen LogP contribution < -0.4 is 4.74 Å². The van der Waals surface area contributed by atoms with Crippen LogP contribution >= 0.6 is 35.6 Å². The highest BCUT2D eigenvalue weighted by Crippen LogP contribution is 2.37. The maximum Gasteiger partial charge on any atom is 0.266 e. The molecule has 0 bridgehead atoms. The van der Waals surface area contributed by atoms with Gasteiger partial charge >= 0.3 is 0 Å². The van der Waals surface area contributed by atoms with E-state index in [2.05, 4.69) is 0 Å². The molecule has 1 aliphatic heterocycles. The van der Waals surface area contributed by atoms with E-state index < -0.39 is 0 Å². The van der Waals surface area contributed by atoms with E-state index in [1.54, 1.807) is 21.9 Å². The Morgan fingerprint density at radius 2 is 2.00 bits per heavy atom. The van der Waals surface area contributed by atoms with Gasteiger partial charge in [-0.2, -0.15) is 5.10 Å². The Hall–Kier alpha value is -3.33. The van der Waals surface area contributed by atoms with Gasteiger partial charge in [-0.1, -0.05) is 60.7 Å². The van der Waals surface area contributed by atoms with Crippen molar-refractivity contribution in [3.8, 4) is 22.7 Å². The van der Waals surface area contributed by atoms with Crippen LogP contribution in [0.5, 0.6) is 5.75 Å². The van der Waals surface area contributed by atoms with Gasteiger partial charge in [0.2, 0.25) is 0 Å². The van der Waals surface area contributed by atoms with Crippen LogP contribution in [0.25, 0.3) is 23.0 Å². The van der Waals surface area contributed by atoms with E-state index in [0.29, 0.717) is 44.6 Å². The molecule has 5 rings (SSSR count). The molecule has 2 aromatic carbocycles. The van der Waals surface area contributed by atoms with E-state index in [4.69, 9.17) is 38.1 Å². The van der Waals surface area contributed by atoms with E-state index >= 15 is 0 Å². The molecule has 0 spiro atoms. The van der Waals surface area contributed by atoms with Crippen molar-refractivity contribution in [1.29, 1.82) is 0 Å². The minimum absolute atomic E-state index is 0.166. The number of hydrogen-bond donors (Lipinski definition) is 0. The first-order valence-corrected chi connectivity index (χ1v) is 13.0. The summed E-state index contributed by atoms with van der Waals surface area (Å²) in [5.74, 6) is 1.14. The van der Waals surface area contributed by atoms with Crippen molar-refractivity contribution in [2.45, 2.75) is 19.9 Å². The van der Waals surface area contributed by atoms with Gasteiger partial charge < -0.3 is 9.15 Å². The average molecular weight is 536 g/mol. The van der Waals surface area contributed by atoms with Gasteiger partial charge in [0.15, 0.2) is 0 Å². The molecule has 2 aromatic heterocycles. The Labute approximate surface area is 223 Å². The van der Waals surface area contributed by atoms with E-state index in [-0.39, 0.29) is 5.91 Å². The zero-order valence-electron chi connectivity index (χ0n) is 19.4. The number of benzene rings is 2. The fraction of sp³-hybridized carbons (Fsp3) is 0.148. The predicted octanol–water partition coefficient (Wildman–Crippen LogP) is 6.98. The summed E-state index contributed by atoms with van der Waals surface area (Å²) in [5.41, 5.74) is 3.18. The molecular weight excluding hydrogens is 514 g/mol. The van der Waals surface area contributed by atoms with E-state index in [9.17, 15) is 4.79 Å². The van der Waals surface area contributed by atoms with Gasteiger partial charge in [-0.3, -0.25) is 9.69 Å². The summed E-state index contributed by atoms with van der Waals surface area (Å²) >= 11 is 13.3. The number of hydrogen-bond acceptors (Lipinski definition) is 6. The van der Waals surface area contributed by atoms with Crippen LogP contribution in [0.3, 0.4) is 0 Å². The highest BCUT2D eigenvalue weighted by atomic mass is 35.5. The van der Waals surface area contributed by atoms with Crippen LogP contribution in [0, 0.1) is 0 Å². The molecule has 0 N–H and O–H groups in total. The molecule has 1 aliphatic rings. The summed E-state index contributed by atoms with van der Waals surface area (Å²) in [6, 6.07) is 19.0. The first-order valence-electron chi connectivity index (χ1n) is 11.4. The van der Waals surface area contributed by atoms with Crippen molar-refractivity contribution >= 4 is 51.9 Å². The lowest BCUT2D eigenvalue weighted by Crippen LogP contribution is -2.27. The lowest BCUT2D eigenvalue weighted by Gasteiger charge is -2.11. The monoisotopic (exact) mass is 535 g/mol. The lowest BCUT2D eigenvalue weighted by atomic mass is 10.1. The molecule has 4 aromatic rings. The summed E-state index contributed by atoms with van der Waals surface area (Å²) in [4.78, 5) is 15.3. The third-order valence-electron chi connectivity index (χ3n) is 5.48. The third-order valence-corrected chi connectivity index (χ3v) is 7.16. The number of para-hydroxylation sites is 1. The number of thiocarbonyl (C=S) groups is 1. The SMILES string of the molecule is CCCOc1ccc(-c2nn(-c3ccccc3)cc2/C=C2\SC(=S)N(Cc3ccco3)C2=O)cc1Cl. The quantitative estimate of drug-likeness (QED) is 0.179. The van der Waals surface area contributed by atoms with Crippen LogP contribution in [0.2, 0.25) is 5.02 Å². The molecule has 6 nitrogen and oxygen atoms in total. The van der Waals surface area contributed by atoms with Crippen molar-refractivity contribution in [3.63, 3.8) is 0 Å². The lowest BCUT2D eigenvalue weighted by molar-refractivity contribution is -0.122. The second-order valence-corrected chi connectivity index (χ2v) is 10.1. The molecule has 0 radical (unpaired) electrons. The summed E-state index contributed by atoms with van der Waals surface area (Å²) in [6.07, 6.45) is 6.20. The van der Waals surface area contributed by atoms with Crippen LogP contribution in [0.1, 0.15) is 24.7 Å². The third kappa shape index (κ3) is 5.11. The van der Waals surface area contributed by atoms with Crippen molar-refractivity contribution in [3.05, 3.63) is 94.4 Å². The molecule has 3 heterocycles. The maximum atomic E-state index is 13.2. The normalized spacial score (nSPS) is 14.7. The van der Waals surface area contributed by atoms with Crippen molar-refractivity contribution in [2.75, 3.05) is 6.61 Å². The number of furan rings is 1. The highest BCUT2D eigenvalue weighted by Gasteiger charge is 2.33. The smallest absolute Gasteiger partial charge is 0.266 e. The fourth-order valence-corrected chi connectivity index (χ4v) is 5.22. The van der Waals surface area contributed by atoms with Crippen LogP contribution in [0.4, 0.5) is 0 Å². The number of thioether (sulfide) groups is 1. The largest absolute Gasteiger partial charge is 0.492 e. The second kappa shape index (κ2) is 10.7. The van der Waals surface area contributed by atoms with Gasteiger partial charge in [-0.25, -0.2) is 4.68 Å². The van der Waals surface area contributed by atoms with Gasteiger partial charge in [0.25, 0.3) is 5.91 Å². The Morgan fingerprint density at radius 3 is 2.72 bits per heavy atom. The van der Waals surface area contributed by atoms with Gasteiger partial charge in [0.1, 0.15) is 21.5 Å². The molecule has 9 heteroatoms. The second-order valence-electron chi connectivity index (χ2n) is 8.05. The molecule has 1 amide bonds. The van der Waals surface area contributed by atoms with Crippen LogP contribution in [0.15, 0.2) is 82.4 Å². The van der Waals surface area contributed by atoms with Crippen LogP contribution in [-0.4, -0.2) is 31.5 Å². The Morgan fingerprint density at radius 1 is 1.17 bits per heavy atom. The average Bonchev–Trinajstić information content (AvgIpc) is 3.61. The molecule has 182 valence electrons. The minimum atomic E-state index is -0.166. The number of halogens is 1. The first kappa shape index (κ1) is 24.4. The molecule has 0 unspecified atom stereocenters. The molecule has 1 fully saturated rings. The van der Waals surface area contributed by atoms with E-state index in [0.717, 1.165) is 23.2 Å². The molecule has 36 heavy (non-hydrogen) atoms. The van der Waals surface area contributed by atoms with Gasteiger partial charge in [0, 0.05) is 17.3 Å². The topological polar surface area (TPSA) is 60.5 Å². The van der Waals surface area contributed by atoms with E-state index in [1.807, 2.05) is 73.8 Å². The Bertz CT molecular complexity index is 1430. The highest BCUT2D eigenvalue weighted by molar-refractivity contribution is 8.26. The van der Waals surface area contributed by atoms with Gasteiger partial charge in [-0.05, 0) is 55.0 Å². The Kier molecular flexibility index (Phi) is 7.27. The summed E-state index contributed by atoms with van der Waals surface area (Å²) in [6.45, 7) is 2.93. The minimum Gasteiger partial charge on any atom is -0.492 e. The number of aromatic nitrogens is 2. The fourth-order valence-electron chi connectivity index (χ4n) is 3.74. The molecular formula is C27H22ClN3O3S2. The number of ether oxygens (including phenoxy) is 1. The maximum absolute atomic E-state index is 13.2. The van der Waals surface area contributed by atoms with Crippen molar-refractivity contribution < 1.29 is 13.9 Å². The van der Waals surface area contributed by atoms with E-state index in [1.165, 1.54) is 11.8 Å². The number of rotatable bonds is 8. The molecule has 0 aliphatic carbocycles. The number of amides is 1. The number of nitrogens with zero attached hydrogens (tertiary/aromatic N) is 3. The first-order chi connectivity index (χ1) is 17.5. The van der Waals surface area contributed by atoms with Gasteiger partial charge in [-0.15, -0.1) is 0 Å². The zero-order chi connectivity index (χ0) is 25.1. The zero-order valence-corrected chi connectivity index (χ0v) is 21.8. The molecule has 1 saturated heterocycles. The number of carbonyl (C=O) groups excluding carboxylic acids is 1. The standard InChI is InChI=1S/C27H22ClN3O3S2/c1-2-12-34-23-11-10-18(14-22(23)28)25-19(16-31(29-25)20-7-4-3-5-8-20)15-24-26(32)30(27(35)36-24)17-21-9-6-13-33-21/h3-11,13-16H,2,12,17H2,1H3/b24-15-. The van der Waals surface area contributed by atoms with Crippen LogP contribution in [-0.2, 0) is 11.3 Å². The summed E-state index contributed by atoms with van der Waals surface area (Å²) in [5, 5.41) is 5.35. The van der Waals surface area contributed by atoms with Crippen molar-refractivity contribution in [2.24, 2.45) is 0 Å². The molecule has 0 saturated carbocycles. The predicted molar refractivity (Wildman–Crippen MR) is 147 cm³/mol. The Balaban J connectivity index is 1.53. The number of carbonyl (C=O) groups is 1. The summed E-state index contributed by atoms with van der Waals surface area (Å²) in [7, 11) is 0. The summed E-state index contributed by atoms with van der Waals surface area (Å²) < 4.78 is 13.4. The molecule has 0 atom stereocenters.